The normalized spacial score (nSPS) is 13.2. The summed E-state index contributed by atoms with van der Waals surface area (Å²) in [6, 6.07) is 13.9. The van der Waals surface area contributed by atoms with Gasteiger partial charge in [0.1, 0.15) is 22.9 Å². The van der Waals surface area contributed by atoms with Gasteiger partial charge in [0.25, 0.3) is 0 Å². The van der Waals surface area contributed by atoms with Crippen LogP contribution in [0.2, 0.25) is 0 Å². The molecule has 0 heterocycles. The molecule has 0 aromatic heterocycles. The van der Waals surface area contributed by atoms with Crippen molar-refractivity contribution in [2.24, 2.45) is 5.73 Å². The first-order valence-corrected chi connectivity index (χ1v) is 6.38. The SMILES string of the molecule is N#CC(N)(CCOc1cc(F)cc(F)c1)c1ccccc1. The molecule has 0 saturated carbocycles. The van der Waals surface area contributed by atoms with E-state index in [0.29, 0.717) is 5.56 Å². The molecule has 1 unspecified atom stereocenters. The molecule has 0 aliphatic carbocycles. The number of halogens is 2. The topological polar surface area (TPSA) is 59.0 Å². The third-order valence-electron chi connectivity index (χ3n) is 3.09. The van der Waals surface area contributed by atoms with Gasteiger partial charge in [-0.1, -0.05) is 30.3 Å². The minimum atomic E-state index is -1.20. The zero-order valence-electron chi connectivity index (χ0n) is 11.2. The fourth-order valence-electron chi connectivity index (χ4n) is 1.94. The minimum absolute atomic E-state index is 0.0702. The van der Waals surface area contributed by atoms with Gasteiger partial charge in [0, 0.05) is 24.6 Å². The number of benzene rings is 2. The van der Waals surface area contributed by atoms with Gasteiger partial charge < -0.3 is 10.5 Å². The highest BCUT2D eigenvalue weighted by atomic mass is 19.1. The molecule has 108 valence electrons. The maximum atomic E-state index is 13.0. The number of hydrogen-bond donors (Lipinski definition) is 1. The number of nitrogens with zero attached hydrogens (tertiary/aromatic N) is 1. The molecule has 0 fully saturated rings. The van der Waals surface area contributed by atoms with Crippen molar-refractivity contribution in [3.8, 4) is 11.8 Å². The van der Waals surface area contributed by atoms with Crippen molar-refractivity contribution >= 4 is 0 Å². The monoisotopic (exact) mass is 288 g/mol. The van der Waals surface area contributed by atoms with Gasteiger partial charge >= 0.3 is 0 Å². The summed E-state index contributed by atoms with van der Waals surface area (Å²) in [6.07, 6.45) is 0.200. The van der Waals surface area contributed by atoms with Crippen molar-refractivity contribution < 1.29 is 13.5 Å². The first-order valence-electron chi connectivity index (χ1n) is 6.38. The fourth-order valence-corrected chi connectivity index (χ4v) is 1.94. The highest BCUT2D eigenvalue weighted by molar-refractivity contribution is 5.30. The fraction of sp³-hybridized carbons (Fsp3) is 0.188. The van der Waals surface area contributed by atoms with Gasteiger partial charge in [-0.05, 0) is 5.56 Å². The molecule has 0 radical (unpaired) electrons. The quantitative estimate of drug-likeness (QED) is 0.919. The molecule has 0 spiro atoms. The summed E-state index contributed by atoms with van der Waals surface area (Å²) in [6.45, 7) is 0.0713. The Labute approximate surface area is 121 Å². The number of nitrogens with two attached hydrogens (primary N) is 1. The van der Waals surface area contributed by atoms with E-state index in [9.17, 15) is 14.0 Å². The number of hydrogen-bond acceptors (Lipinski definition) is 3. The number of ether oxygens (including phenoxy) is 1. The van der Waals surface area contributed by atoms with Gasteiger partial charge in [0.15, 0.2) is 0 Å². The van der Waals surface area contributed by atoms with E-state index in [0.717, 1.165) is 18.2 Å². The molecule has 21 heavy (non-hydrogen) atoms. The average Bonchev–Trinajstić information content (AvgIpc) is 2.47. The van der Waals surface area contributed by atoms with E-state index in [2.05, 4.69) is 6.07 Å². The van der Waals surface area contributed by atoms with E-state index >= 15 is 0 Å². The zero-order chi connectivity index (χ0) is 15.3. The lowest BCUT2D eigenvalue weighted by Crippen LogP contribution is -2.36. The van der Waals surface area contributed by atoms with Gasteiger partial charge in [-0.15, -0.1) is 0 Å². The molecule has 2 aromatic rings. The van der Waals surface area contributed by atoms with Gasteiger partial charge in [0.2, 0.25) is 0 Å². The summed E-state index contributed by atoms with van der Waals surface area (Å²) in [5.74, 6) is -1.36. The van der Waals surface area contributed by atoms with Crippen LogP contribution in [0.3, 0.4) is 0 Å². The predicted molar refractivity (Wildman–Crippen MR) is 74.4 cm³/mol. The van der Waals surface area contributed by atoms with E-state index in [1.54, 1.807) is 24.3 Å². The van der Waals surface area contributed by atoms with E-state index < -0.39 is 17.2 Å². The summed E-state index contributed by atoms with van der Waals surface area (Å²) < 4.78 is 31.3. The standard InChI is InChI=1S/C16H14F2N2O/c17-13-8-14(18)10-15(9-13)21-7-6-16(20,11-19)12-4-2-1-3-5-12/h1-5,8-10H,6-7,20H2. The van der Waals surface area contributed by atoms with Crippen LogP contribution in [0.1, 0.15) is 12.0 Å². The molecule has 2 N–H and O–H groups in total. The highest BCUT2D eigenvalue weighted by Gasteiger charge is 2.26. The summed E-state index contributed by atoms with van der Waals surface area (Å²) >= 11 is 0. The van der Waals surface area contributed by atoms with Gasteiger partial charge in [-0.2, -0.15) is 5.26 Å². The van der Waals surface area contributed by atoms with Crippen LogP contribution in [0.5, 0.6) is 5.75 Å². The average molecular weight is 288 g/mol. The van der Waals surface area contributed by atoms with Crippen LogP contribution in [0.4, 0.5) is 8.78 Å². The van der Waals surface area contributed by atoms with E-state index in [4.69, 9.17) is 10.5 Å². The first-order chi connectivity index (χ1) is 10.0. The molecule has 2 rings (SSSR count). The lowest BCUT2D eigenvalue weighted by molar-refractivity contribution is 0.279. The Bertz CT molecular complexity index is 635. The van der Waals surface area contributed by atoms with E-state index in [-0.39, 0.29) is 18.8 Å². The van der Waals surface area contributed by atoms with Crippen molar-refractivity contribution in [1.29, 1.82) is 5.26 Å². The second kappa shape index (κ2) is 6.33. The molecule has 3 nitrogen and oxygen atoms in total. The molecule has 5 heteroatoms. The molecule has 2 aromatic carbocycles. The summed E-state index contributed by atoms with van der Waals surface area (Å²) in [4.78, 5) is 0. The summed E-state index contributed by atoms with van der Waals surface area (Å²) in [7, 11) is 0. The third kappa shape index (κ3) is 3.77. The van der Waals surface area contributed by atoms with Gasteiger partial charge in [-0.25, -0.2) is 8.78 Å². The molecule has 0 aliphatic heterocycles. The molecular weight excluding hydrogens is 274 g/mol. The van der Waals surface area contributed by atoms with Crippen molar-refractivity contribution in [3.63, 3.8) is 0 Å². The smallest absolute Gasteiger partial charge is 0.133 e. The van der Waals surface area contributed by atoms with Crippen molar-refractivity contribution in [3.05, 3.63) is 65.7 Å². The van der Waals surface area contributed by atoms with Crippen LogP contribution in [0.25, 0.3) is 0 Å². The van der Waals surface area contributed by atoms with Crippen LogP contribution in [0.15, 0.2) is 48.5 Å². The Morgan fingerprint density at radius 1 is 1.10 bits per heavy atom. The van der Waals surface area contributed by atoms with Crippen LogP contribution in [-0.2, 0) is 5.54 Å². The van der Waals surface area contributed by atoms with Crippen LogP contribution in [-0.4, -0.2) is 6.61 Å². The maximum absolute atomic E-state index is 13.0. The van der Waals surface area contributed by atoms with E-state index in [1.807, 2.05) is 6.07 Å². The number of nitriles is 1. The van der Waals surface area contributed by atoms with Crippen molar-refractivity contribution in [2.75, 3.05) is 6.61 Å². The van der Waals surface area contributed by atoms with Crippen LogP contribution >= 0.6 is 0 Å². The third-order valence-corrected chi connectivity index (χ3v) is 3.09. The minimum Gasteiger partial charge on any atom is -0.493 e. The van der Waals surface area contributed by atoms with Crippen molar-refractivity contribution in [2.45, 2.75) is 12.0 Å². The molecule has 0 aliphatic rings. The molecule has 1 atom stereocenters. The first kappa shape index (κ1) is 14.9. The molecule has 0 amide bonds. The summed E-state index contributed by atoms with van der Waals surface area (Å²) in [5.41, 5.74) is 5.52. The predicted octanol–water partition coefficient (Wildman–Crippen LogP) is 3.11. The lowest BCUT2D eigenvalue weighted by atomic mass is 9.89. The van der Waals surface area contributed by atoms with Gasteiger partial charge in [0.05, 0.1) is 12.7 Å². The Morgan fingerprint density at radius 3 is 2.29 bits per heavy atom. The van der Waals surface area contributed by atoms with E-state index in [1.165, 1.54) is 0 Å². The van der Waals surface area contributed by atoms with Crippen molar-refractivity contribution in [1.82, 2.24) is 0 Å². The summed E-state index contributed by atoms with van der Waals surface area (Å²) in [5, 5.41) is 9.27. The van der Waals surface area contributed by atoms with Crippen LogP contribution in [0, 0.1) is 23.0 Å². The molecular formula is C16H14F2N2O. The Hall–Kier alpha value is -2.45. The van der Waals surface area contributed by atoms with Gasteiger partial charge in [-0.3, -0.25) is 0 Å². The molecule has 0 saturated heterocycles. The Balaban J connectivity index is 2.03. The second-order valence-electron chi connectivity index (χ2n) is 4.65. The second-order valence-corrected chi connectivity index (χ2v) is 4.65. The number of rotatable bonds is 5. The maximum Gasteiger partial charge on any atom is 0.133 e. The Kier molecular flexibility index (Phi) is 4.51. The zero-order valence-corrected chi connectivity index (χ0v) is 11.2. The lowest BCUT2D eigenvalue weighted by Gasteiger charge is -2.22. The Morgan fingerprint density at radius 2 is 1.71 bits per heavy atom. The highest BCUT2D eigenvalue weighted by Crippen LogP contribution is 2.22. The molecule has 0 bridgehead atoms. The van der Waals surface area contributed by atoms with Crippen LogP contribution < -0.4 is 10.5 Å². The largest absolute Gasteiger partial charge is 0.493 e.